The lowest BCUT2D eigenvalue weighted by Crippen LogP contribution is -2.29. The number of hydrogen-bond acceptors (Lipinski definition) is 2. The molecule has 0 spiro atoms. The van der Waals surface area contributed by atoms with Crippen molar-refractivity contribution in [3.63, 3.8) is 0 Å². The Labute approximate surface area is 124 Å². The van der Waals surface area contributed by atoms with Crippen molar-refractivity contribution in [3.8, 4) is 0 Å². The molecule has 0 radical (unpaired) electrons. The van der Waals surface area contributed by atoms with Gasteiger partial charge in [-0.05, 0) is 60.8 Å². The van der Waals surface area contributed by atoms with Crippen molar-refractivity contribution in [1.29, 1.82) is 0 Å². The van der Waals surface area contributed by atoms with Gasteiger partial charge >= 0.3 is 0 Å². The Morgan fingerprint density at radius 3 is 2.79 bits per heavy atom. The number of fused-ring (bicyclic) bond motifs is 2. The van der Waals surface area contributed by atoms with Crippen molar-refractivity contribution >= 4 is 21.6 Å². The first-order chi connectivity index (χ1) is 9.17. The zero-order chi connectivity index (χ0) is 13.4. The highest BCUT2D eigenvalue weighted by atomic mass is 79.9. The monoisotopic (exact) mass is 322 g/mol. The molecule has 104 valence electrons. The van der Waals surface area contributed by atoms with E-state index in [-0.39, 0.29) is 0 Å². The first-order valence-corrected chi connectivity index (χ1v) is 8.16. The van der Waals surface area contributed by atoms with Crippen LogP contribution < -0.4 is 10.6 Å². The van der Waals surface area contributed by atoms with Gasteiger partial charge in [0.15, 0.2) is 0 Å². The number of nitrogens with two attached hydrogens (primary N) is 1. The number of halogens is 1. The van der Waals surface area contributed by atoms with Crippen LogP contribution in [0.5, 0.6) is 0 Å². The molecule has 19 heavy (non-hydrogen) atoms. The summed E-state index contributed by atoms with van der Waals surface area (Å²) in [6.45, 7) is 1.80. The molecule has 2 bridgehead atoms. The molecule has 2 saturated carbocycles. The Morgan fingerprint density at radius 2 is 2.16 bits per heavy atom. The number of anilines is 1. The Kier molecular flexibility index (Phi) is 3.86. The topological polar surface area (TPSA) is 29.3 Å². The van der Waals surface area contributed by atoms with Gasteiger partial charge < -0.3 is 10.6 Å². The average Bonchev–Trinajstić information content (AvgIpc) is 3.00. The second-order valence-corrected chi connectivity index (χ2v) is 7.21. The largest absolute Gasteiger partial charge is 0.374 e. The van der Waals surface area contributed by atoms with Gasteiger partial charge in [-0.25, -0.2) is 0 Å². The molecule has 3 rings (SSSR count). The predicted molar refractivity (Wildman–Crippen MR) is 84.2 cm³/mol. The van der Waals surface area contributed by atoms with Crippen molar-refractivity contribution in [2.45, 2.75) is 32.2 Å². The van der Waals surface area contributed by atoms with E-state index in [4.69, 9.17) is 5.73 Å². The van der Waals surface area contributed by atoms with Crippen LogP contribution in [-0.2, 0) is 6.54 Å². The lowest BCUT2D eigenvalue weighted by Gasteiger charge is -2.30. The minimum absolute atomic E-state index is 0.607. The van der Waals surface area contributed by atoms with E-state index in [1.165, 1.54) is 43.5 Å². The highest BCUT2D eigenvalue weighted by Gasteiger charge is 2.39. The number of benzene rings is 1. The fourth-order valence-electron chi connectivity index (χ4n) is 4.14. The molecule has 3 atom stereocenters. The third kappa shape index (κ3) is 2.68. The molecule has 0 aliphatic heterocycles. The molecule has 2 aliphatic carbocycles. The molecule has 3 unspecified atom stereocenters. The van der Waals surface area contributed by atoms with Crippen LogP contribution in [0, 0.1) is 17.8 Å². The summed E-state index contributed by atoms with van der Waals surface area (Å²) in [5.74, 6) is 2.92. The van der Waals surface area contributed by atoms with Crippen LogP contribution in [0.15, 0.2) is 22.7 Å². The summed E-state index contributed by atoms with van der Waals surface area (Å²) in [6.07, 6.45) is 5.89. The van der Waals surface area contributed by atoms with Crippen molar-refractivity contribution in [2.24, 2.45) is 23.5 Å². The Bertz CT molecular complexity index is 460. The van der Waals surface area contributed by atoms with Gasteiger partial charge in [-0.2, -0.15) is 0 Å². The minimum Gasteiger partial charge on any atom is -0.374 e. The fraction of sp³-hybridized carbons (Fsp3) is 0.625. The summed E-state index contributed by atoms with van der Waals surface area (Å²) < 4.78 is 1.12. The molecule has 2 N–H and O–H groups in total. The first-order valence-electron chi connectivity index (χ1n) is 7.37. The van der Waals surface area contributed by atoms with Gasteiger partial charge in [0.1, 0.15) is 0 Å². The van der Waals surface area contributed by atoms with Gasteiger partial charge in [0.2, 0.25) is 0 Å². The third-order valence-corrected chi connectivity index (χ3v) is 5.56. The number of rotatable bonds is 4. The zero-order valence-electron chi connectivity index (χ0n) is 11.6. The zero-order valence-corrected chi connectivity index (χ0v) is 13.2. The molecular weight excluding hydrogens is 300 g/mol. The second-order valence-electron chi connectivity index (χ2n) is 6.29. The lowest BCUT2D eigenvalue weighted by atomic mass is 9.88. The molecule has 2 fully saturated rings. The summed E-state index contributed by atoms with van der Waals surface area (Å²) in [6, 6.07) is 6.46. The molecule has 2 nitrogen and oxygen atoms in total. The molecule has 1 aromatic carbocycles. The predicted octanol–water partition coefficient (Wildman–Crippen LogP) is 3.78. The van der Waals surface area contributed by atoms with E-state index in [0.717, 1.165) is 22.2 Å². The maximum atomic E-state index is 5.88. The Morgan fingerprint density at radius 1 is 1.32 bits per heavy atom. The molecular formula is C16H23BrN2. The molecule has 3 heteroatoms. The van der Waals surface area contributed by atoms with Gasteiger partial charge in [-0.3, -0.25) is 0 Å². The van der Waals surface area contributed by atoms with E-state index in [1.54, 1.807) is 0 Å². The van der Waals surface area contributed by atoms with Crippen molar-refractivity contribution < 1.29 is 0 Å². The standard InChI is InChI=1S/C16H23BrN2/c1-19(10-14-7-11-2-3-12(14)6-11)16-5-4-15(17)8-13(16)9-18/h4-5,8,11-12,14H,2-3,6-7,9-10,18H2,1H3. The van der Waals surface area contributed by atoms with Crippen molar-refractivity contribution in [1.82, 2.24) is 0 Å². The number of nitrogens with zero attached hydrogens (tertiary/aromatic N) is 1. The Hall–Kier alpha value is -0.540. The maximum Gasteiger partial charge on any atom is 0.0410 e. The summed E-state index contributed by atoms with van der Waals surface area (Å²) >= 11 is 3.53. The van der Waals surface area contributed by atoms with Crippen LogP contribution in [0.4, 0.5) is 5.69 Å². The summed E-state index contributed by atoms with van der Waals surface area (Å²) in [5.41, 5.74) is 8.41. The molecule has 1 aromatic rings. The van der Waals surface area contributed by atoms with Gasteiger partial charge in [0.25, 0.3) is 0 Å². The van der Waals surface area contributed by atoms with E-state index < -0.39 is 0 Å². The van der Waals surface area contributed by atoms with Gasteiger partial charge in [0, 0.05) is 30.3 Å². The molecule has 0 amide bonds. The SMILES string of the molecule is CN(CC1CC2CCC1C2)c1ccc(Br)cc1CN. The van der Waals surface area contributed by atoms with Crippen LogP contribution in [0.3, 0.4) is 0 Å². The second kappa shape index (κ2) is 5.45. The minimum atomic E-state index is 0.607. The average molecular weight is 323 g/mol. The van der Waals surface area contributed by atoms with Crippen LogP contribution in [-0.4, -0.2) is 13.6 Å². The highest BCUT2D eigenvalue weighted by molar-refractivity contribution is 9.10. The Balaban J connectivity index is 1.71. The third-order valence-electron chi connectivity index (χ3n) is 5.07. The summed E-state index contributed by atoms with van der Waals surface area (Å²) in [7, 11) is 2.22. The van der Waals surface area contributed by atoms with E-state index >= 15 is 0 Å². The smallest absolute Gasteiger partial charge is 0.0410 e. The fourth-order valence-corrected chi connectivity index (χ4v) is 4.55. The van der Waals surface area contributed by atoms with Gasteiger partial charge in [-0.15, -0.1) is 0 Å². The van der Waals surface area contributed by atoms with Gasteiger partial charge in [0.05, 0.1) is 0 Å². The van der Waals surface area contributed by atoms with Crippen molar-refractivity contribution in [3.05, 3.63) is 28.2 Å². The van der Waals surface area contributed by atoms with Gasteiger partial charge in [-0.1, -0.05) is 22.4 Å². The van der Waals surface area contributed by atoms with Crippen molar-refractivity contribution in [2.75, 3.05) is 18.5 Å². The molecule has 0 saturated heterocycles. The van der Waals surface area contributed by atoms with E-state index in [0.29, 0.717) is 6.54 Å². The van der Waals surface area contributed by atoms with Crippen LogP contribution in [0.25, 0.3) is 0 Å². The van der Waals surface area contributed by atoms with Crippen LogP contribution in [0.2, 0.25) is 0 Å². The van der Waals surface area contributed by atoms with Crippen LogP contribution >= 0.6 is 15.9 Å². The maximum absolute atomic E-state index is 5.88. The van der Waals surface area contributed by atoms with E-state index in [1.807, 2.05) is 0 Å². The first kappa shape index (κ1) is 13.4. The van der Waals surface area contributed by atoms with Crippen LogP contribution in [0.1, 0.15) is 31.2 Å². The normalized spacial score (nSPS) is 28.9. The van der Waals surface area contributed by atoms with E-state index in [9.17, 15) is 0 Å². The van der Waals surface area contributed by atoms with E-state index in [2.05, 4.69) is 46.1 Å². The molecule has 2 aliphatic rings. The molecule has 0 heterocycles. The number of hydrogen-bond donors (Lipinski definition) is 1. The summed E-state index contributed by atoms with van der Waals surface area (Å²) in [5, 5.41) is 0. The quantitative estimate of drug-likeness (QED) is 0.914. The summed E-state index contributed by atoms with van der Waals surface area (Å²) in [4.78, 5) is 2.42. The highest BCUT2D eigenvalue weighted by Crippen LogP contribution is 2.48. The lowest BCUT2D eigenvalue weighted by molar-refractivity contribution is 0.337. The molecule has 0 aromatic heterocycles.